The molecule has 0 bridgehead atoms. The maximum atomic E-state index is 13.2. The minimum absolute atomic E-state index is 0.230. The van der Waals surface area contributed by atoms with Crippen LogP contribution in [0.5, 0.6) is 0 Å². The maximum Gasteiger partial charge on any atom is 0.339 e. The van der Waals surface area contributed by atoms with Gasteiger partial charge < -0.3 is 4.74 Å². The van der Waals surface area contributed by atoms with Gasteiger partial charge in [0.25, 0.3) is 0 Å². The van der Waals surface area contributed by atoms with E-state index >= 15 is 0 Å². The number of rotatable bonds is 5. The molecule has 0 saturated heterocycles. The number of hydrogen-bond acceptors (Lipinski definition) is 4. The number of fused-ring (bicyclic) bond motifs is 1. The molecule has 0 saturated carbocycles. The summed E-state index contributed by atoms with van der Waals surface area (Å²) in [5, 5.41) is 0.708. The van der Waals surface area contributed by atoms with E-state index in [0.717, 1.165) is 22.2 Å². The molecule has 0 aliphatic rings. The lowest BCUT2D eigenvalue weighted by atomic mass is 10.0. The third kappa shape index (κ3) is 4.24. The van der Waals surface area contributed by atoms with Crippen molar-refractivity contribution in [3.8, 4) is 11.3 Å². The fourth-order valence-corrected chi connectivity index (χ4v) is 3.55. The highest BCUT2D eigenvalue weighted by atomic mass is 16.5. The van der Waals surface area contributed by atoms with Gasteiger partial charge >= 0.3 is 5.97 Å². The van der Waals surface area contributed by atoms with Gasteiger partial charge in [0.15, 0.2) is 6.10 Å². The number of pyridine rings is 1. The Bertz CT molecular complexity index is 1260. The molecule has 0 radical (unpaired) electrons. The van der Waals surface area contributed by atoms with Crippen LogP contribution >= 0.6 is 0 Å². The van der Waals surface area contributed by atoms with E-state index < -0.39 is 12.1 Å². The van der Waals surface area contributed by atoms with Crippen molar-refractivity contribution in [2.45, 2.75) is 26.9 Å². The van der Waals surface area contributed by atoms with Gasteiger partial charge in [-0.1, -0.05) is 78.4 Å². The molecule has 1 atom stereocenters. The van der Waals surface area contributed by atoms with Crippen molar-refractivity contribution in [2.24, 2.45) is 0 Å². The van der Waals surface area contributed by atoms with Gasteiger partial charge in [0, 0.05) is 16.5 Å². The molecule has 0 N–H and O–H groups in total. The van der Waals surface area contributed by atoms with Crippen molar-refractivity contribution in [1.29, 1.82) is 0 Å². The summed E-state index contributed by atoms with van der Waals surface area (Å²) < 4.78 is 5.61. The number of ketones is 1. The summed E-state index contributed by atoms with van der Waals surface area (Å²) in [5.74, 6) is -0.769. The maximum absolute atomic E-state index is 13.2. The zero-order chi connectivity index (χ0) is 22.0. The smallest absolute Gasteiger partial charge is 0.339 e. The predicted octanol–water partition coefficient (Wildman–Crippen LogP) is 5.95. The summed E-state index contributed by atoms with van der Waals surface area (Å²) >= 11 is 0. The van der Waals surface area contributed by atoms with E-state index in [1.807, 2.05) is 74.5 Å². The molecule has 4 nitrogen and oxygen atoms in total. The van der Waals surface area contributed by atoms with Crippen molar-refractivity contribution in [3.05, 3.63) is 101 Å². The lowest BCUT2D eigenvalue weighted by Gasteiger charge is -2.15. The van der Waals surface area contributed by atoms with Gasteiger partial charge in [-0.2, -0.15) is 0 Å². The number of esters is 1. The molecular weight excluding hydrogens is 386 g/mol. The largest absolute Gasteiger partial charge is 0.451 e. The van der Waals surface area contributed by atoms with Gasteiger partial charge in [-0.25, -0.2) is 9.78 Å². The zero-order valence-corrected chi connectivity index (χ0v) is 17.8. The number of carbonyl (C=O) groups is 2. The summed E-state index contributed by atoms with van der Waals surface area (Å²) in [6.07, 6.45) is -0.900. The van der Waals surface area contributed by atoms with Crippen LogP contribution in [0.4, 0.5) is 0 Å². The summed E-state index contributed by atoms with van der Waals surface area (Å²) in [6.45, 7) is 5.52. The first-order valence-electron chi connectivity index (χ1n) is 10.2. The van der Waals surface area contributed by atoms with Crippen LogP contribution in [0.25, 0.3) is 22.2 Å². The monoisotopic (exact) mass is 409 g/mol. The molecule has 0 spiro atoms. The minimum atomic E-state index is -0.900. The third-order valence-corrected chi connectivity index (χ3v) is 5.32. The van der Waals surface area contributed by atoms with Crippen molar-refractivity contribution in [1.82, 2.24) is 4.98 Å². The van der Waals surface area contributed by atoms with E-state index in [4.69, 9.17) is 9.72 Å². The van der Waals surface area contributed by atoms with Crippen LogP contribution in [0.1, 0.15) is 38.8 Å². The van der Waals surface area contributed by atoms with Crippen molar-refractivity contribution < 1.29 is 14.3 Å². The number of benzene rings is 3. The number of ether oxygens (including phenoxy) is 1. The molecule has 0 fully saturated rings. The summed E-state index contributed by atoms with van der Waals surface area (Å²) in [4.78, 5) is 30.7. The molecule has 4 aromatic rings. The molecule has 0 amide bonds. The highest BCUT2D eigenvalue weighted by Crippen LogP contribution is 2.27. The van der Waals surface area contributed by atoms with E-state index in [-0.39, 0.29) is 5.78 Å². The normalized spacial score (nSPS) is 11.8. The Morgan fingerprint density at radius 3 is 2.29 bits per heavy atom. The number of Topliss-reactive ketones (excluding diaryl/α,β-unsaturated/α-hetero) is 1. The lowest BCUT2D eigenvalue weighted by Crippen LogP contribution is -2.24. The van der Waals surface area contributed by atoms with Crippen LogP contribution in [-0.4, -0.2) is 22.8 Å². The van der Waals surface area contributed by atoms with Crippen molar-refractivity contribution >= 4 is 22.7 Å². The SMILES string of the molecule is Cc1ccc(C(=O)C(C)OC(=O)c2cc(-c3ccccc3)nc3c(C)cccc23)cc1. The first-order chi connectivity index (χ1) is 14.9. The predicted molar refractivity (Wildman–Crippen MR) is 122 cm³/mol. The van der Waals surface area contributed by atoms with Gasteiger partial charge in [-0.15, -0.1) is 0 Å². The Morgan fingerprint density at radius 1 is 0.871 bits per heavy atom. The Hall–Kier alpha value is -3.79. The van der Waals surface area contributed by atoms with Crippen LogP contribution in [0.3, 0.4) is 0 Å². The molecule has 4 heteroatoms. The van der Waals surface area contributed by atoms with E-state index in [1.54, 1.807) is 25.1 Å². The molecule has 1 aromatic heterocycles. The summed E-state index contributed by atoms with van der Waals surface area (Å²) in [7, 11) is 0. The first kappa shape index (κ1) is 20.5. The van der Waals surface area contributed by atoms with Gasteiger partial charge in [-0.05, 0) is 32.4 Å². The van der Waals surface area contributed by atoms with Gasteiger partial charge in [-0.3, -0.25) is 4.79 Å². The van der Waals surface area contributed by atoms with Crippen molar-refractivity contribution in [3.63, 3.8) is 0 Å². The Balaban J connectivity index is 1.70. The number of para-hydroxylation sites is 1. The Kier molecular flexibility index (Phi) is 5.63. The number of aromatic nitrogens is 1. The second kappa shape index (κ2) is 8.52. The second-order valence-corrected chi connectivity index (χ2v) is 7.67. The van der Waals surface area contributed by atoms with Crippen LogP contribution in [0, 0.1) is 13.8 Å². The molecule has 4 rings (SSSR count). The zero-order valence-electron chi connectivity index (χ0n) is 17.8. The first-order valence-corrected chi connectivity index (χ1v) is 10.2. The average molecular weight is 409 g/mol. The molecule has 3 aromatic carbocycles. The highest BCUT2D eigenvalue weighted by Gasteiger charge is 2.23. The molecule has 1 unspecified atom stereocenters. The number of carbonyl (C=O) groups excluding carboxylic acids is 2. The topological polar surface area (TPSA) is 56.3 Å². The number of nitrogens with zero attached hydrogens (tertiary/aromatic N) is 1. The molecule has 31 heavy (non-hydrogen) atoms. The fraction of sp³-hybridized carbons (Fsp3) is 0.148. The van der Waals surface area contributed by atoms with Crippen molar-refractivity contribution in [2.75, 3.05) is 0 Å². The van der Waals surface area contributed by atoms with E-state index in [2.05, 4.69) is 0 Å². The molecule has 154 valence electrons. The second-order valence-electron chi connectivity index (χ2n) is 7.67. The van der Waals surface area contributed by atoms with E-state index in [0.29, 0.717) is 22.2 Å². The molecule has 0 aliphatic heterocycles. The van der Waals surface area contributed by atoms with E-state index in [1.165, 1.54) is 0 Å². The molecular formula is C27H23NO3. The van der Waals surface area contributed by atoms with Crippen LogP contribution < -0.4 is 0 Å². The Labute approximate surface area is 181 Å². The van der Waals surface area contributed by atoms with E-state index in [9.17, 15) is 9.59 Å². The summed E-state index contributed by atoms with van der Waals surface area (Å²) in [5.41, 5.74) is 5.29. The fourth-order valence-electron chi connectivity index (χ4n) is 3.55. The lowest BCUT2D eigenvalue weighted by molar-refractivity contribution is 0.0320. The van der Waals surface area contributed by atoms with Gasteiger partial charge in [0.1, 0.15) is 0 Å². The summed E-state index contributed by atoms with van der Waals surface area (Å²) in [6, 6.07) is 24.4. The van der Waals surface area contributed by atoms with Gasteiger partial charge in [0.2, 0.25) is 5.78 Å². The molecule has 1 heterocycles. The third-order valence-electron chi connectivity index (χ3n) is 5.32. The van der Waals surface area contributed by atoms with Gasteiger partial charge in [0.05, 0.1) is 16.8 Å². The minimum Gasteiger partial charge on any atom is -0.451 e. The highest BCUT2D eigenvalue weighted by molar-refractivity contribution is 6.07. The standard InChI is InChI=1S/C27H23NO3/c1-17-12-14-21(15-13-17)26(29)19(3)31-27(30)23-16-24(20-9-5-4-6-10-20)28-25-18(2)8-7-11-22(23)25/h4-16,19H,1-3H3. The number of hydrogen-bond donors (Lipinski definition) is 0. The van der Waals surface area contributed by atoms with Crippen LogP contribution in [-0.2, 0) is 4.74 Å². The van der Waals surface area contributed by atoms with Crippen LogP contribution in [0.15, 0.2) is 78.9 Å². The Morgan fingerprint density at radius 2 is 1.58 bits per heavy atom. The molecule has 0 aliphatic carbocycles. The average Bonchev–Trinajstić information content (AvgIpc) is 2.79. The quantitative estimate of drug-likeness (QED) is 0.302. The van der Waals surface area contributed by atoms with Crippen LogP contribution in [0.2, 0.25) is 0 Å². The number of aryl methyl sites for hydroxylation is 2.